The molecule has 5 rings (SSSR count). The molecular formula is C26H25F3N6O. The minimum Gasteiger partial charge on any atom is -0.490 e. The fourth-order valence-electron chi connectivity index (χ4n) is 4.07. The number of nitrogens with one attached hydrogen (secondary N) is 2. The highest BCUT2D eigenvalue weighted by molar-refractivity contribution is 5.82. The summed E-state index contributed by atoms with van der Waals surface area (Å²) in [4.78, 5) is 15.0. The third kappa shape index (κ3) is 5.33. The van der Waals surface area contributed by atoms with Crippen LogP contribution in [0.25, 0.3) is 10.9 Å². The smallest absolute Gasteiger partial charge is 0.420 e. The predicted molar refractivity (Wildman–Crippen MR) is 133 cm³/mol. The Balaban J connectivity index is 1.31. The van der Waals surface area contributed by atoms with Crippen LogP contribution >= 0.6 is 0 Å². The first-order valence-corrected chi connectivity index (χ1v) is 11.5. The molecule has 0 saturated heterocycles. The predicted octanol–water partition coefficient (Wildman–Crippen LogP) is 6.00. The highest BCUT2D eigenvalue weighted by Gasteiger charge is 2.38. The van der Waals surface area contributed by atoms with Gasteiger partial charge in [0.2, 0.25) is 5.95 Å². The molecule has 2 aromatic carbocycles. The number of benzene rings is 2. The molecule has 2 heterocycles. The maximum absolute atomic E-state index is 13.8. The Morgan fingerprint density at radius 1 is 0.944 bits per heavy atom. The van der Waals surface area contributed by atoms with Gasteiger partial charge in [-0.2, -0.15) is 18.2 Å². The van der Waals surface area contributed by atoms with Crippen LogP contribution in [-0.2, 0) is 6.18 Å². The second-order valence-electron chi connectivity index (χ2n) is 8.97. The fourth-order valence-corrected chi connectivity index (χ4v) is 4.07. The van der Waals surface area contributed by atoms with Gasteiger partial charge in [-0.1, -0.05) is 18.2 Å². The molecule has 4 aromatic rings. The molecule has 1 fully saturated rings. The summed E-state index contributed by atoms with van der Waals surface area (Å²) in [6.07, 6.45) is -0.186. The molecule has 0 unspecified atom stereocenters. The second kappa shape index (κ2) is 9.62. The molecule has 1 aliphatic rings. The zero-order chi connectivity index (χ0) is 25.3. The number of para-hydroxylation sites is 1. The van der Waals surface area contributed by atoms with Crippen molar-refractivity contribution in [3.63, 3.8) is 0 Å². The Labute approximate surface area is 206 Å². The van der Waals surface area contributed by atoms with Crippen molar-refractivity contribution in [2.24, 2.45) is 0 Å². The Bertz CT molecular complexity index is 1370. The second-order valence-corrected chi connectivity index (χ2v) is 8.97. The molecule has 1 saturated carbocycles. The topological polar surface area (TPSA) is 75.2 Å². The van der Waals surface area contributed by atoms with Crippen LogP contribution in [0.2, 0.25) is 0 Å². The van der Waals surface area contributed by atoms with Gasteiger partial charge in [-0.15, -0.1) is 0 Å². The van der Waals surface area contributed by atoms with Gasteiger partial charge in [-0.25, -0.2) is 4.98 Å². The normalized spacial score (nSPS) is 17.6. The van der Waals surface area contributed by atoms with Crippen molar-refractivity contribution in [1.29, 1.82) is 0 Å². The first kappa shape index (κ1) is 23.8. The van der Waals surface area contributed by atoms with Crippen molar-refractivity contribution in [3.8, 4) is 5.75 Å². The maximum atomic E-state index is 13.8. The van der Waals surface area contributed by atoms with Crippen molar-refractivity contribution >= 4 is 34.0 Å². The van der Waals surface area contributed by atoms with Gasteiger partial charge in [0.1, 0.15) is 17.7 Å². The standard InChI is InChI=1S/C26H25F3N6O/c1-35(2)19-13-20(14-19)36-23-8-7-17(12-21(23)26(27,28)29)33-25-30-10-9-24(34-25)32-18-11-16-5-3-4-6-22(16)31-15-18/h3-12,15,19-20H,13-14H2,1-2H3,(H2,30,32,33,34). The molecule has 2 N–H and O–H groups in total. The number of anilines is 4. The van der Waals surface area contributed by atoms with Crippen LogP contribution in [0.15, 0.2) is 67.0 Å². The lowest BCUT2D eigenvalue weighted by Gasteiger charge is -2.39. The first-order chi connectivity index (χ1) is 17.2. The number of ether oxygens (including phenoxy) is 1. The Hall–Kier alpha value is -3.92. The summed E-state index contributed by atoms with van der Waals surface area (Å²) in [6.45, 7) is 0. The van der Waals surface area contributed by atoms with Crippen LogP contribution in [0.1, 0.15) is 18.4 Å². The van der Waals surface area contributed by atoms with Crippen LogP contribution in [0.4, 0.5) is 36.3 Å². The number of hydrogen-bond donors (Lipinski definition) is 2. The van der Waals surface area contributed by atoms with E-state index < -0.39 is 11.7 Å². The van der Waals surface area contributed by atoms with E-state index in [0.29, 0.717) is 24.7 Å². The van der Waals surface area contributed by atoms with Crippen molar-refractivity contribution in [2.45, 2.75) is 31.2 Å². The SMILES string of the molecule is CN(C)C1CC(Oc2ccc(Nc3nccc(Nc4cnc5ccccc5c4)n3)cc2C(F)(F)F)C1. The van der Waals surface area contributed by atoms with Crippen molar-refractivity contribution in [3.05, 3.63) is 72.6 Å². The number of fused-ring (bicyclic) bond motifs is 1. The molecule has 0 bridgehead atoms. The molecule has 2 aromatic heterocycles. The Morgan fingerprint density at radius 2 is 1.75 bits per heavy atom. The largest absolute Gasteiger partial charge is 0.490 e. The first-order valence-electron chi connectivity index (χ1n) is 11.5. The van der Waals surface area contributed by atoms with Gasteiger partial charge in [-0.05, 0) is 63.3 Å². The van der Waals surface area contributed by atoms with Gasteiger partial charge in [0, 0.05) is 23.3 Å². The molecule has 0 amide bonds. The maximum Gasteiger partial charge on any atom is 0.420 e. The summed E-state index contributed by atoms with van der Waals surface area (Å²) in [6, 6.07) is 15.6. The van der Waals surface area contributed by atoms with E-state index in [1.54, 1.807) is 12.3 Å². The van der Waals surface area contributed by atoms with Gasteiger partial charge in [0.25, 0.3) is 0 Å². The lowest BCUT2D eigenvalue weighted by Crippen LogP contribution is -2.46. The van der Waals surface area contributed by atoms with Gasteiger partial charge in [0.05, 0.1) is 23.0 Å². The average Bonchev–Trinajstić information content (AvgIpc) is 2.81. The lowest BCUT2D eigenvalue weighted by molar-refractivity contribution is -0.139. The minimum atomic E-state index is -4.56. The van der Waals surface area contributed by atoms with Crippen molar-refractivity contribution < 1.29 is 17.9 Å². The number of nitrogens with zero attached hydrogens (tertiary/aromatic N) is 4. The van der Waals surface area contributed by atoms with Gasteiger partial charge in [0.15, 0.2) is 0 Å². The monoisotopic (exact) mass is 494 g/mol. The number of alkyl halides is 3. The summed E-state index contributed by atoms with van der Waals surface area (Å²) in [7, 11) is 3.90. The number of aromatic nitrogens is 3. The summed E-state index contributed by atoms with van der Waals surface area (Å²) >= 11 is 0. The highest BCUT2D eigenvalue weighted by atomic mass is 19.4. The zero-order valence-electron chi connectivity index (χ0n) is 19.8. The van der Waals surface area contributed by atoms with E-state index in [9.17, 15) is 13.2 Å². The van der Waals surface area contributed by atoms with E-state index in [0.717, 1.165) is 22.7 Å². The molecule has 0 atom stereocenters. The average molecular weight is 495 g/mol. The van der Waals surface area contributed by atoms with Crippen LogP contribution in [-0.4, -0.2) is 46.1 Å². The molecule has 0 aliphatic heterocycles. The summed E-state index contributed by atoms with van der Waals surface area (Å²) in [5.41, 5.74) is 0.971. The minimum absolute atomic E-state index is 0.156. The third-order valence-corrected chi connectivity index (χ3v) is 6.15. The molecule has 0 spiro atoms. The zero-order valence-corrected chi connectivity index (χ0v) is 19.8. The van der Waals surface area contributed by atoms with Gasteiger partial charge in [-0.3, -0.25) is 4.98 Å². The van der Waals surface area contributed by atoms with Crippen LogP contribution in [0, 0.1) is 0 Å². The molecule has 7 nitrogen and oxygen atoms in total. The number of halogens is 3. The van der Waals surface area contributed by atoms with E-state index in [1.807, 2.05) is 44.4 Å². The van der Waals surface area contributed by atoms with E-state index >= 15 is 0 Å². The van der Waals surface area contributed by atoms with Gasteiger partial charge < -0.3 is 20.3 Å². The Kier molecular flexibility index (Phi) is 6.36. The van der Waals surface area contributed by atoms with Crippen LogP contribution < -0.4 is 15.4 Å². The molecule has 10 heteroatoms. The lowest BCUT2D eigenvalue weighted by atomic mass is 9.88. The summed E-state index contributed by atoms with van der Waals surface area (Å²) < 4.78 is 47.1. The third-order valence-electron chi connectivity index (χ3n) is 6.15. The number of pyridine rings is 1. The number of hydrogen-bond acceptors (Lipinski definition) is 7. The quantitative estimate of drug-likeness (QED) is 0.326. The van der Waals surface area contributed by atoms with E-state index in [-0.39, 0.29) is 23.5 Å². The molecule has 0 radical (unpaired) electrons. The van der Waals surface area contributed by atoms with E-state index in [4.69, 9.17) is 4.74 Å². The molecule has 36 heavy (non-hydrogen) atoms. The van der Waals surface area contributed by atoms with Crippen LogP contribution in [0.3, 0.4) is 0 Å². The molecule has 1 aliphatic carbocycles. The molecule has 186 valence electrons. The van der Waals surface area contributed by atoms with Crippen molar-refractivity contribution in [1.82, 2.24) is 19.9 Å². The van der Waals surface area contributed by atoms with E-state index in [2.05, 4.69) is 30.5 Å². The summed E-state index contributed by atoms with van der Waals surface area (Å²) in [5, 5.41) is 6.99. The van der Waals surface area contributed by atoms with Gasteiger partial charge >= 0.3 is 6.18 Å². The van der Waals surface area contributed by atoms with Crippen LogP contribution in [0.5, 0.6) is 5.75 Å². The van der Waals surface area contributed by atoms with Crippen molar-refractivity contribution in [2.75, 3.05) is 24.7 Å². The van der Waals surface area contributed by atoms with E-state index in [1.165, 1.54) is 18.3 Å². The highest BCUT2D eigenvalue weighted by Crippen LogP contribution is 2.40. The number of rotatable bonds is 7. The molecular weight excluding hydrogens is 469 g/mol. The summed E-state index contributed by atoms with van der Waals surface area (Å²) in [5.74, 6) is 0.458. The Morgan fingerprint density at radius 3 is 2.53 bits per heavy atom. The fraction of sp³-hybridized carbons (Fsp3) is 0.269.